The third-order valence-corrected chi connectivity index (χ3v) is 2.53. The second-order valence-corrected chi connectivity index (χ2v) is 4.01. The molecule has 1 aromatic carbocycles. The van der Waals surface area contributed by atoms with Crippen molar-refractivity contribution in [1.29, 1.82) is 0 Å². The van der Waals surface area contributed by atoms with Gasteiger partial charge in [-0.3, -0.25) is 4.98 Å². The second kappa shape index (κ2) is 5.83. The molecule has 1 aromatic heterocycles. The van der Waals surface area contributed by atoms with Crippen LogP contribution in [0.25, 0.3) is 0 Å². The molecule has 0 unspecified atom stereocenters. The molecular weight excluding hydrogens is 262 g/mol. The van der Waals surface area contributed by atoms with Gasteiger partial charge in [-0.15, -0.1) is 0 Å². The normalized spacial score (nSPS) is 10.0. The van der Waals surface area contributed by atoms with E-state index in [0.717, 1.165) is 11.6 Å². The quantitative estimate of drug-likeness (QED) is 0.865. The molecule has 102 valence electrons. The second-order valence-electron chi connectivity index (χ2n) is 4.01. The van der Waals surface area contributed by atoms with Crippen LogP contribution in [0.2, 0.25) is 0 Å². The fourth-order valence-corrected chi connectivity index (χ4v) is 1.58. The third kappa shape index (κ3) is 3.32. The Hall–Kier alpha value is -2.89. The lowest BCUT2D eigenvalue weighted by Crippen LogP contribution is -2.04. The molecule has 0 spiro atoms. The van der Waals surface area contributed by atoms with Crippen molar-refractivity contribution in [3.05, 3.63) is 59.4 Å². The van der Waals surface area contributed by atoms with Crippen LogP contribution in [0, 0.1) is 0 Å². The summed E-state index contributed by atoms with van der Waals surface area (Å²) in [6, 6.07) is 7.19. The Kier molecular flexibility index (Phi) is 3.95. The molecule has 2 rings (SSSR count). The van der Waals surface area contributed by atoms with Crippen LogP contribution in [0.1, 0.15) is 26.3 Å². The first-order chi connectivity index (χ1) is 9.56. The molecule has 0 amide bonds. The van der Waals surface area contributed by atoms with Gasteiger partial charge >= 0.3 is 11.9 Å². The van der Waals surface area contributed by atoms with Crippen LogP contribution in [0.15, 0.2) is 42.7 Å². The fourth-order valence-electron chi connectivity index (χ4n) is 1.58. The van der Waals surface area contributed by atoms with Crippen LogP contribution in [0.4, 0.5) is 0 Å². The molecule has 6 heteroatoms. The van der Waals surface area contributed by atoms with Gasteiger partial charge in [-0.1, -0.05) is 6.07 Å². The number of ether oxygens (including phenoxy) is 1. The van der Waals surface area contributed by atoms with Crippen molar-refractivity contribution in [3.63, 3.8) is 0 Å². The molecule has 2 aromatic rings. The van der Waals surface area contributed by atoms with E-state index in [9.17, 15) is 9.59 Å². The SMILES string of the molecule is O=C(O)c1cc(OCc2cccnc2)cc(C(=O)O)c1. The summed E-state index contributed by atoms with van der Waals surface area (Å²) in [6.45, 7) is 0.177. The average Bonchev–Trinajstić information content (AvgIpc) is 2.45. The highest BCUT2D eigenvalue weighted by Crippen LogP contribution is 2.19. The Bertz CT molecular complexity index is 607. The van der Waals surface area contributed by atoms with Crippen molar-refractivity contribution >= 4 is 11.9 Å². The zero-order valence-electron chi connectivity index (χ0n) is 10.3. The maximum absolute atomic E-state index is 10.9. The standard InChI is InChI=1S/C14H11NO5/c16-13(17)10-4-11(14(18)19)6-12(5-10)20-8-9-2-1-3-15-7-9/h1-7H,8H2,(H,16,17)(H,18,19). The van der Waals surface area contributed by atoms with E-state index in [4.69, 9.17) is 14.9 Å². The Balaban J connectivity index is 2.22. The first kappa shape index (κ1) is 13.5. The van der Waals surface area contributed by atoms with Crippen molar-refractivity contribution in [2.24, 2.45) is 0 Å². The summed E-state index contributed by atoms with van der Waals surface area (Å²) in [7, 11) is 0. The van der Waals surface area contributed by atoms with E-state index in [1.54, 1.807) is 24.5 Å². The minimum atomic E-state index is -1.21. The monoisotopic (exact) mass is 273 g/mol. The number of nitrogens with zero attached hydrogens (tertiary/aromatic N) is 1. The first-order valence-corrected chi connectivity index (χ1v) is 5.69. The summed E-state index contributed by atoms with van der Waals surface area (Å²) in [6.07, 6.45) is 3.23. The van der Waals surface area contributed by atoms with E-state index in [1.165, 1.54) is 12.1 Å². The summed E-state index contributed by atoms with van der Waals surface area (Å²) in [4.78, 5) is 25.8. The lowest BCUT2D eigenvalue weighted by molar-refractivity contribution is 0.0696. The molecule has 2 N–H and O–H groups in total. The number of rotatable bonds is 5. The fraction of sp³-hybridized carbons (Fsp3) is 0.0714. The first-order valence-electron chi connectivity index (χ1n) is 5.69. The minimum absolute atomic E-state index is 0.133. The van der Waals surface area contributed by atoms with Crippen LogP contribution in [0.3, 0.4) is 0 Å². The van der Waals surface area contributed by atoms with Crippen molar-refractivity contribution < 1.29 is 24.5 Å². The number of benzene rings is 1. The van der Waals surface area contributed by atoms with E-state index in [2.05, 4.69) is 4.98 Å². The number of pyridine rings is 1. The summed E-state index contributed by atoms with van der Waals surface area (Å²) in [5.74, 6) is -2.23. The van der Waals surface area contributed by atoms with Gasteiger partial charge in [-0.05, 0) is 24.3 Å². The lowest BCUT2D eigenvalue weighted by atomic mass is 10.1. The van der Waals surface area contributed by atoms with Crippen LogP contribution in [0.5, 0.6) is 5.75 Å². The molecule has 0 aliphatic rings. The van der Waals surface area contributed by atoms with Gasteiger partial charge in [0.1, 0.15) is 12.4 Å². The van der Waals surface area contributed by atoms with E-state index in [1.807, 2.05) is 0 Å². The lowest BCUT2D eigenvalue weighted by Gasteiger charge is -2.08. The molecular formula is C14H11NO5. The molecule has 20 heavy (non-hydrogen) atoms. The predicted octanol–water partition coefficient (Wildman–Crippen LogP) is 2.06. The number of carboxylic acids is 2. The van der Waals surface area contributed by atoms with Gasteiger partial charge in [-0.25, -0.2) is 9.59 Å². The van der Waals surface area contributed by atoms with Gasteiger partial charge in [0.05, 0.1) is 11.1 Å². The smallest absolute Gasteiger partial charge is 0.335 e. The topological polar surface area (TPSA) is 96.7 Å². The van der Waals surface area contributed by atoms with Gasteiger partial charge in [0.2, 0.25) is 0 Å². The van der Waals surface area contributed by atoms with Gasteiger partial charge in [0.25, 0.3) is 0 Å². The van der Waals surface area contributed by atoms with Gasteiger partial charge < -0.3 is 14.9 Å². The highest BCUT2D eigenvalue weighted by Gasteiger charge is 2.12. The summed E-state index contributed by atoms with van der Waals surface area (Å²) in [5, 5.41) is 17.9. The number of hydrogen-bond acceptors (Lipinski definition) is 4. The van der Waals surface area contributed by atoms with Gasteiger partial charge in [-0.2, -0.15) is 0 Å². The molecule has 0 fully saturated rings. The van der Waals surface area contributed by atoms with E-state index >= 15 is 0 Å². The molecule has 0 saturated carbocycles. The van der Waals surface area contributed by atoms with Crippen molar-refractivity contribution in [2.75, 3.05) is 0 Å². The van der Waals surface area contributed by atoms with Gasteiger partial charge in [0.15, 0.2) is 0 Å². The molecule has 0 atom stereocenters. The Morgan fingerprint density at radius 2 is 1.75 bits per heavy atom. The zero-order valence-corrected chi connectivity index (χ0v) is 10.3. The average molecular weight is 273 g/mol. The number of carboxylic acid groups (broad SMARTS) is 2. The molecule has 0 radical (unpaired) electrons. The molecule has 0 saturated heterocycles. The Morgan fingerprint density at radius 3 is 2.25 bits per heavy atom. The van der Waals surface area contributed by atoms with Crippen LogP contribution >= 0.6 is 0 Å². The molecule has 0 bridgehead atoms. The summed E-state index contributed by atoms with van der Waals surface area (Å²) >= 11 is 0. The maximum Gasteiger partial charge on any atom is 0.335 e. The Labute approximate surface area is 114 Å². The molecule has 0 aliphatic carbocycles. The van der Waals surface area contributed by atoms with Crippen LogP contribution in [-0.2, 0) is 6.61 Å². The minimum Gasteiger partial charge on any atom is -0.489 e. The highest BCUT2D eigenvalue weighted by molar-refractivity contribution is 5.94. The Morgan fingerprint density at radius 1 is 1.10 bits per heavy atom. The predicted molar refractivity (Wildman–Crippen MR) is 68.9 cm³/mol. The van der Waals surface area contributed by atoms with Crippen molar-refractivity contribution in [1.82, 2.24) is 4.98 Å². The van der Waals surface area contributed by atoms with E-state index in [-0.39, 0.29) is 23.5 Å². The molecule has 6 nitrogen and oxygen atoms in total. The third-order valence-electron chi connectivity index (χ3n) is 2.53. The number of aromatic nitrogens is 1. The van der Waals surface area contributed by atoms with Crippen LogP contribution < -0.4 is 4.74 Å². The highest BCUT2D eigenvalue weighted by atomic mass is 16.5. The largest absolute Gasteiger partial charge is 0.489 e. The van der Waals surface area contributed by atoms with Gasteiger partial charge in [0, 0.05) is 18.0 Å². The van der Waals surface area contributed by atoms with E-state index in [0.29, 0.717) is 0 Å². The summed E-state index contributed by atoms with van der Waals surface area (Å²) < 4.78 is 5.41. The van der Waals surface area contributed by atoms with E-state index < -0.39 is 11.9 Å². The van der Waals surface area contributed by atoms with Crippen molar-refractivity contribution in [3.8, 4) is 5.75 Å². The summed E-state index contributed by atoms with van der Waals surface area (Å²) in [5.41, 5.74) is 0.530. The number of hydrogen-bond donors (Lipinski definition) is 2. The maximum atomic E-state index is 10.9. The zero-order chi connectivity index (χ0) is 14.5. The molecule has 0 aliphatic heterocycles. The van der Waals surface area contributed by atoms with Crippen molar-refractivity contribution in [2.45, 2.75) is 6.61 Å². The van der Waals surface area contributed by atoms with Crippen LogP contribution in [-0.4, -0.2) is 27.1 Å². The molecule has 1 heterocycles. The number of aromatic carboxylic acids is 2. The number of carbonyl (C=O) groups is 2.